The second-order valence-corrected chi connectivity index (χ2v) is 9.57. The van der Waals surface area contributed by atoms with E-state index in [1.807, 2.05) is 0 Å². The van der Waals surface area contributed by atoms with Gasteiger partial charge in [-0.05, 0) is 51.3 Å². The van der Waals surface area contributed by atoms with Gasteiger partial charge in [0.15, 0.2) is 5.82 Å². The van der Waals surface area contributed by atoms with E-state index in [0.29, 0.717) is 30.4 Å². The van der Waals surface area contributed by atoms with Crippen LogP contribution in [0.2, 0.25) is 0 Å². The third-order valence-electron chi connectivity index (χ3n) is 4.90. The van der Waals surface area contributed by atoms with Crippen molar-refractivity contribution in [1.29, 1.82) is 0 Å². The quantitative estimate of drug-likeness (QED) is 0.818. The fourth-order valence-electron chi connectivity index (χ4n) is 3.23. The maximum Gasteiger partial charge on any atom is 0.252 e. The topological polar surface area (TPSA) is 105 Å². The van der Waals surface area contributed by atoms with E-state index in [1.54, 1.807) is 39.8 Å². The van der Waals surface area contributed by atoms with Crippen molar-refractivity contribution in [3.8, 4) is 0 Å². The summed E-state index contributed by atoms with van der Waals surface area (Å²) < 4.78 is 32.6. The van der Waals surface area contributed by atoms with Crippen LogP contribution in [-0.2, 0) is 15.6 Å². The first-order valence-electron chi connectivity index (χ1n) is 9.35. The molecule has 1 amide bonds. The van der Waals surface area contributed by atoms with Crippen LogP contribution in [0.1, 0.15) is 60.7 Å². The molecule has 0 radical (unpaired) electrons. The Labute approximate surface area is 165 Å². The Kier molecular flexibility index (Phi) is 5.58. The Morgan fingerprint density at radius 2 is 1.86 bits per heavy atom. The molecule has 28 heavy (non-hydrogen) atoms. The Morgan fingerprint density at radius 3 is 2.46 bits per heavy atom. The van der Waals surface area contributed by atoms with Crippen molar-refractivity contribution >= 4 is 15.9 Å². The lowest BCUT2D eigenvalue weighted by atomic mass is 10.0. The van der Waals surface area contributed by atoms with Crippen LogP contribution in [-0.4, -0.2) is 41.9 Å². The Hall–Kier alpha value is -2.26. The average molecular weight is 407 g/mol. The molecule has 0 atom stereocenters. The normalized spacial score (nSPS) is 16.1. The summed E-state index contributed by atoms with van der Waals surface area (Å²) in [6, 6.07) is 4.74. The minimum absolute atomic E-state index is 0.176. The molecule has 1 aromatic heterocycles. The molecule has 0 saturated carbocycles. The van der Waals surface area contributed by atoms with Crippen molar-refractivity contribution in [2.75, 3.05) is 13.1 Å². The van der Waals surface area contributed by atoms with Gasteiger partial charge in [-0.1, -0.05) is 17.6 Å². The van der Waals surface area contributed by atoms with Gasteiger partial charge in [0.2, 0.25) is 15.9 Å². The van der Waals surface area contributed by atoms with E-state index in [2.05, 4.69) is 15.5 Å². The third-order valence-corrected chi connectivity index (χ3v) is 6.94. The number of piperidine rings is 1. The fourth-order valence-corrected chi connectivity index (χ4v) is 5.00. The van der Waals surface area contributed by atoms with E-state index in [4.69, 9.17) is 4.52 Å². The van der Waals surface area contributed by atoms with E-state index >= 15 is 0 Å². The SMILES string of the molecule is Cc1nc(C(C)(C)NC(=O)c2ccc(C)c(S(=O)(=O)N3CCCCC3)c2)no1. The summed E-state index contributed by atoms with van der Waals surface area (Å²) >= 11 is 0. The molecule has 0 spiro atoms. The maximum atomic E-state index is 13.1. The number of carbonyl (C=O) groups excluding carboxylic acids is 1. The predicted octanol–water partition coefficient (Wildman–Crippen LogP) is 2.53. The molecule has 9 heteroatoms. The van der Waals surface area contributed by atoms with Gasteiger partial charge >= 0.3 is 0 Å². The van der Waals surface area contributed by atoms with Crippen LogP contribution >= 0.6 is 0 Å². The summed E-state index contributed by atoms with van der Waals surface area (Å²) in [5, 5.41) is 6.71. The van der Waals surface area contributed by atoms with Gasteiger partial charge in [-0.25, -0.2) is 8.42 Å². The number of nitrogens with zero attached hydrogens (tertiary/aromatic N) is 3. The molecule has 8 nitrogen and oxygen atoms in total. The summed E-state index contributed by atoms with van der Waals surface area (Å²) in [4.78, 5) is 17.1. The second-order valence-electron chi connectivity index (χ2n) is 7.66. The van der Waals surface area contributed by atoms with Crippen LogP contribution in [0, 0.1) is 13.8 Å². The van der Waals surface area contributed by atoms with Crippen LogP contribution in [0.25, 0.3) is 0 Å². The molecule has 2 heterocycles. The highest BCUT2D eigenvalue weighted by Crippen LogP contribution is 2.25. The number of rotatable bonds is 5. The molecule has 0 bridgehead atoms. The molecule has 2 aromatic rings. The summed E-state index contributed by atoms with van der Waals surface area (Å²) in [5.74, 6) is 0.358. The van der Waals surface area contributed by atoms with Crippen molar-refractivity contribution in [1.82, 2.24) is 19.8 Å². The number of benzene rings is 1. The van der Waals surface area contributed by atoms with Gasteiger partial charge < -0.3 is 9.84 Å². The van der Waals surface area contributed by atoms with Crippen LogP contribution in [0.4, 0.5) is 0 Å². The number of amides is 1. The largest absolute Gasteiger partial charge is 0.340 e. The lowest BCUT2D eigenvalue weighted by Crippen LogP contribution is -2.42. The molecule has 3 rings (SSSR count). The van der Waals surface area contributed by atoms with E-state index in [0.717, 1.165) is 19.3 Å². The average Bonchev–Trinajstić information content (AvgIpc) is 3.09. The number of aryl methyl sites for hydroxylation is 2. The standard InChI is InChI=1S/C19H26N4O4S/c1-13-8-9-15(12-16(13)28(25,26)23-10-6-5-7-11-23)17(24)21-19(3,4)18-20-14(2)27-22-18/h8-9,12H,5-7,10-11H2,1-4H3,(H,21,24). The van der Waals surface area contributed by atoms with Gasteiger partial charge in [-0.2, -0.15) is 9.29 Å². The molecular weight excluding hydrogens is 380 g/mol. The highest BCUT2D eigenvalue weighted by atomic mass is 32.2. The molecule has 1 saturated heterocycles. The summed E-state index contributed by atoms with van der Waals surface area (Å²) in [5.41, 5.74) is 0.0238. The second kappa shape index (κ2) is 7.63. The summed E-state index contributed by atoms with van der Waals surface area (Å²) in [7, 11) is -3.63. The third kappa shape index (κ3) is 4.10. The zero-order valence-electron chi connectivity index (χ0n) is 16.7. The van der Waals surface area contributed by atoms with Crippen LogP contribution in [0.5, 0.6) is 0 Å². The van der Waals surface area contributed by atoms with Gasteiger partial charge in [-0.15, -0.1) is 0 Å². The van der Waals surface area contributed by atoms with Gasteiger partial charge in [0.05, 0.1) is 10.4 Å². The van der Waals surface area contributed by atoms with Crippen LogP contribution < -0.4 is 5.32 Å². The molecule has 0 unspecified atom stereocenters. The maximum absolute atomic E-state index is 13.1. The smallest absolute Gasteiger partial charge is 0.252 e. The molecule has 1 aliphatic rings. The first kappa shape index (κ1) is 20.5. The number of sulfonamides is 1. The van der Waals surface area contributed by atoms with Crippen molar-refractivity contribution < 1.29 is 17.7 Å². The Morgan fingerprint density at radius 1 is 1.18 bits per heavy atom. The molecule has 1 N–H and O–H groups in total. The number of hydrogen-bond acceptors (Lipinski definition) is 6. The number of aromatic nitrogens is 2. The van der Waals surface area contributed by atoms with E-state index in [-0.39, 0.29) is 10.5 Å². The van der Waals surface area contributed by atoms with E-state index in [1.165, 1.54) is 10.4 Å². The molecule has 1 fully saturated rings. The minimum atomic E-state index is -3.63. The van der Waals surface area contributed by atoms with Crippen molar-refractivity contribution in [3.63, 3.8) is 0 Å². The highest BCUT2D eigenvalue weighted by molar-refractivity contribution is 7.89. The lowest BCUT2D eigenvalue weighted by molar-refractivity contribution is 0.0907. The number of nitrogens with one attached hydrogen (secondary N) is 1. The molecule has 1 aliphatic heterocycles. The zero-order valence-corrected chi connectivity index (χ0v) is 17.5. The molecule has 152 valence electrons. The highest BCUT2D eigenvalue weighted by Gasteiger charge is 2.31. The molecular formula is C19H26N4O4S. The number of carbonyl (C=O) groups is 1. The van der Waals surface area contributed by atoms with Crippen molar-refractivity contribution in [3.05, 3.63) is 41.0 Å². The monoisotopic (exact) mass is 406 g/mol. The minimum Gasteiger partial charge on any atom is -0.340 e. The Balaban J connectivity index is 1.87. The first-order valence-corrected chi connectivity index (χ1v) is 10.8. The van der Waals surface area contributed by atoms with Gasteiger partial charge in [0.1, 0.15) is 0 Å². The van der Waals surface area contributed by atoms with Crippen molar-refractivity contribution in [2.24, 2.45) is 0 Å². The van der Waals surface area contributed by atoms with E-state index < -0.39 is 21.5 Å². The van der Waals surface area contributed by atoms with Crippen LogP contribution in [0.15, 0.2) is 27.6 Å². The fraction of sp³-hybridized carbons (Fsp3) is 0.526. The lowest BCUT2D eigenvalue weighted by Gasteiger charge is -2.27. The van der Waals surface area contributed by atoms with Crippen molar-refractivity contribution in [2.45, 2.75) is 57.4 Å². The predicted molar refractivity (Wildman–Crippen MR) is 103 cm³/mol. The van der Waals surface area contributed by atoms with Gasteiger partial charge in [0, 0.05) is 25.6 Å². The molecule has 1 aromatic carbocycles. The first-order chi connectivity index (χ1) is 13.1. The number of hydrogen-bond donors (Lipinski definition) is 1. The molecule has 0 aliphatic carbocycles. The Bertz CT molecular complexity index is 976. The van der Waals surface area contributed by atoms with E-state index in [9.17, 15) is 13.2 Å². The van der Waals surface area contributed by atoms with Gasteiger partial charge in [0.25, 0.3) is 5.91 Å². The summed E-state index contributed by atoms with van der Waals surface area (Å²) in [6.45, 7) is 7.96. The summed E-state index contributed by atoms with van der Waals surface area (Å²) in [6.07, 6.45) is 2.76. The van der Waals surface area contributed by atoms with Gasteiger partial charge in [-0.3, -0.25) is 4.79 Å². The van der Waals surface area contributed by atoms with Crippen LogP contribution in [0.3, 0.4) is 0 Å². The zero-order chi connectivity index (χ0) is 20.5.